The summed E-state index contributed by atoms with van der Waals surface area (Å²) in [6, 6.07) is 9.24. The average molecular weight is 496 g/mol. The highest BCUT2D eigenvalue weighted by Crippen LogP contribution is 2.20. The standard InChI is InChI=1S/C21H32N6.HI/c1-4-22-21(23-12-5-6-18-14-24-26(3)15-18)25-19-11-13-27(16-19)20-9-7-17(2)8-10-20;/h7-10,14-15,19H,4-6,11-13,16H2,1-3H3,(H2,22,23,25);1H. The molecule has 6 nitrogen and oxygen atoms in total. The van der Waals surface area contributed by atoms with Crippen LogP contribution in [0.3, 0.4) is 0 Å². The highest BCUT2D eigenvalue weighted by Gasteiger charge is 2.23. The highest BCUT2D eigenvalue weighted by molar-refractivity contribution is 14.0. The molecule has 1 unspecified atom stereocenters. The topological polar surface area (TPSA) is 57.5 Å². The number of nitrogens with one attached hydrogen (secondary N) is 2. The van der Waals surface area contributed by atoms with E-state index in [1.165, 1.54) is 16.8 Å². The van der Waals surface area contributed by atoms with Crippen LogP contribution in [0, 0.1) is 6.92 Å². The van der Waals surface area contributed by atoms with E-state index in [0.29, 0.717) is 6.04 Å². The molecule has 1 aliphatic heterocycles. The minimum atomic E-state index is 0. The number of aliphatic imine (C=N–C) groups is 1. The van der Waals surface area contributed by atoms with E-state index in [2.05, 4.69) is 64.9 Å². The van der Waals surface area contributed by atoms with Crippen molar-refractivity contribution in [2.24, 2.45) is 12.0 Å². The van der Waals surface area contributed by atoms with Gasteiger partial charge in [0.15, 0.2) is 5.96 Å². The lowest BCUT2D eigenvalue weighted by Gasteiger charge is -2.20. The van der Waals surface area contributed by atoms with E-state index in [-0.39, 0.29) is 24.0 Å². The van der Waals surface area contributed by atoms with Gasteiger partial charge in [0.05, 0.1) is 6.20 Å². The second kappa shape index (κ2) is 11.3. The fraction of sp³-hybridized carbons (Fsp3) is 0.524. The maximum Gasteiger partial charge on any atom is 0.191 e. The highest BCUT2D eigenvalue weighted by atomic mass is 127. The first-order valence-corrected chi connectivity index (χ1v) is 9.98. The number of guanidine groups is 1. The predicted molar refractivity (Wildman–Crippen MR) is 128 cm³/mol. The third-order valence-electron chi connectivity index (χ3n) is 4.92. The van der Waals surface area contributed by atoms with Crippen LogP contribution in [0.1, 0.15) is 30.9 Å². The minimum absolute atomic E-state index is 0. The summed E-state index contributed by atoms with van der Waals surface area (Å²) in [6.45, 7) is 8.04. The van der Waals surface area contributed by atoms with Gasteiger partial charge in [-0.05, 0) is 50.8 Å². The van der Waals surface area contributed by atoms with E-state index >= 15 is 0 Å². The number of aryl methyl sites for hydroxylation is 3. The monoisotopic (exact) mass is 496 g/mol. The van der Waals surface area contributed by atoms with Gasteiger partial charge < -0.3 is 15.5 Å². The second-order valence-corrected chi connectivity index (χ2v) is 7.30. The Bertz CT molecular complexity index is 740. The van der Waals surface area contributed by atoms with Gasteiger partial charge in [-0.2, -0.15) is 5.10 Å². The number of rotatable bonds is 7. The maximum absolute atomic E-state index is 4.76. The first kappa shape index (κ1) is 22.5. The van der Waals surface area contributed by atoms with Crippen LogP contribution in [0.2, 0.25) is 0 Å². The molecular formula is C21H33IN6. The van der Waals surface area contributed by atoms with E-state index in [9.17, 15) is 0 Å². The number of hydrogen-bond donors (Lipinski definition) is 2. The fourth-order valence-corrected chi connectivity index (χ4v) is 3.46. The molecule has 0 spiro atoms. The Balaban J connectivity index is 0.00000280. The lowest BCUT2D eigenvalue weighted by atomic mass is 10.2. The molecule has 28 heavy (non-hydrogen) atoms. The van der Waals surface area contributed by atoms with Crippen molar-refractivity contribution in [1.29, 1.82) is 0 Å². The van der Waals surface area contributed by atoms with Gasteiger partial charge in [0.2, 0.25) is 0 Å². The zero-order chi connectivity index (χ0) is 19.1. The van der Waals surface area contributed by atoms with Crippen molar-refractivity contribution in [2.45, 2.75) is 39.2 Å². The van der Waals surface area contributed by atoms with Crippen LogP contribution in [-0.2, 0) is 13.5 Å². The van der Waals surface area contributed by atoms with Gasteiger partial charge in [0.1, 0.15) is 0 Å². The summed E-state index contributed by atoms with van der Waals surface area (Å²) in [6.07, 6.45) is 7.19. The van der Waals surface area contributed by atoms with Crippen molar-refractivity contribution in [3.63, 3.8) is 0 Å². The van der Waals surface area contributed by atoms with Crippen molar-refractivity contribution < 1.29 is 0 Å². The first-order chi connectivity index (χ1) is 13.1. The van der Waals surface area contributed by atoms with Crippen molar-refractivity contribution in [3.8, 4) is 0 Å². The number of anilines is 1. The zero-order valence-electron chi connectivity index (χ0n) is 17.2. The van der Waals surface area contributed by atoms with Crippen LogP contribution in [0.4, 0.5) is 5.69 Å². The van der Waals surface area contributed by atoms with Crippen LogP contribution in [-0.4, -0.2) is 48.0 Å². The van der Waals surface area contributed by atoms with Gasteiger partial charge >= 0.3 is 0 Å². The number of nitrogens with zero attached hydrogens (tertiary/aromatic N) is 4. The van der Waals surface area contributed by atoms with Gasteiger partial charge in [-0.3, -0.25) is 9.67 Å². The number of hydrogen-bond acceptors (Lipinski definition) is 3. The lowest BCUT2D eigenvalue weighted by Crippen LogP contribution is -2.44. The van der Waals surface area contributed by atoms with E-state index in [4.69, 9.17) is 4.99 Å². The molecule has 0 radical (unpaired) electrons. The van der Waals surface area contributed by atoms with Gasteiger partial charge in [-0.25, -0.2) is 0 Å². The molecule has 0 amide bonds. The quantitative estimate of drug-likeness (QED) is 0.268. The van der Waals surface area contributed by atoms with Gasteiger partial charge in [-0.1, -0.05) is 17.7 Å². The van der Waals surface area contributed by atoms with Crippen molar-refractivity contribution in [2.75, 3.05) is 31.1 Å². The Morgan fingerprint density at radius 2 is 2.07 bits per heavy atom. The zero-order valence-corrected chi connectivity index (χ0v) is 19.5. The summed E-state index contributed by atoms with van der Waals surface area (Å²) < 4.78 is 1.85. The Morgan fingerprint density at radius 3 is 2.75 bits per heavy atom. The largest absolute Gasteiger partial charge is 0.369 e. The van der Waals surface area contributed by atoms with Crippen LogP contribution < -0.4 is 15.5 Å². The van der Waals surface area contributed by atoms with Gasteiger partial charge in [0, 0.05) is 51.2 Å². The van der Waals surface area contributed by atoms with Crippen molar-refractivity contribution >= 4 is 35.6 Å². The predicted octanol–water partition coefficient (Wildman–Crippen LogP) is 3.11. The van der Waals surface area contributed by atoms with E-state index in [0.717, 1.165) is 51.4 Å². The molecule has 0 saturated carbocycles. The molecule has 2 aromatic rings. The van der Waals surface area contributed by atoms with Crippen LogP contribution in [0.15, 0.2) is 41.7 Å². The average Bonchev–Trinajstić information content (AvgIpc) is 3.28. The summed E-state index contributed by atoms with van der Waals surface area (Å²) in [7, 11) is 1.95. The third kappa shape index (κ3) is 6.68. The van der Waals surface area contributed by atoms with E-state index < -0.39 is 0 Å². The Labute approximate surface area is 185 Å². The van der Waals surface area contributed by atoms with Crippen molar-refractivity contribution in [1.82, 2.24) is 20.4 Å². The maximum atomic E-state index is 4.76. The number of halogens is 1. The summed E-state index contributed by atoms with van der Waals surface area (Å²) in [4.78, 5) is 7.20. The second-order valence-electron chi connectivity index (χ2n) is 7.30. The van der Waals surface area contributed by atoms with Gasteiger partial charge in [-0.15, -0.1) is 24.0 Å². The molecule has 154 valence electrons. The van der Waals surface area contributed by atoms with Gasteiger partial charge in [0.25, 0.3) is 0 Å². The van der Waals surface area contributed by atoms with Crippen LogP contribution in [0.5, 0.6) is 0 Å². The molecule has 2 N–H and O–H groups in total. The minimum Gasteiger partial charge on any atom is -0.369 e. The summed E-state index contributed by atoms with van der Waals surface area (Å²) in [5, 5.41) is 11.2. The molecule has 1 atom stereocenters. The van der Waals surface area contributed by atoms with Crippen molar-refractivity contribution in [3.05, 3.63) is 47.8 Å². The van der Waals surface area contributed by atoms with E-state index in [1.807, 2.05) is 17.9 Å². The molecule has 1 aliphatic rings. The SMILES string of the molecule is CCNC(=NCCCc1cnn(C)c1)NC1CCN(c2ccc(C)cc2)C1.I. The number of benzene rings is 1. The Hall–Kier alpha value is -1.77. The van der Waals surface area contributed by atoms with Crippen LogP contribution >= 0.6 is 24.0 Å². The third-order valence-corrected chi connectivity index (χ3v) is 4.92. The molecule has 3 rings (SSSR count). The molecule has 1 aromatic heterocycles. The molecule has 0 bridgehead atoms. The molecule has 1 saturated heterocycles. The van der Waals surface area contributed by atoms with E-state index in [1.54, 1.807) is 0 Å². The Morgan fingerprint density at radius 1 is 1.29 bits per heavy atom. The molecule has 1 aromatic carbocycles. The van der Waals surface area contributed by atoms with Crippen LogP contribution in [0.25, 0.3) is 0 Å². The molecule has 2 heterocycles. The fourth-order valence-electron chi connectivity index (χ4n) is 3.46. The lowest BCUT2D eigenvalue weighted by molar-refractivity contribution is 0.647. The smallest absolute Gasteiger partial charge is 0.191 e. The normalized spacial score (nSPS) is 16.8. The molecular weight excluding hydrogens is 463 g/mol. The summed E-state index contributed by atoms with van der Waals surface area (Å²) >= 11 is 0. The summed E-state index contributed by atoms with van der Waals surface area (Å²) in [5.41, 5.74) is 3.89. The summed E-state index contributed by atoms with van der Waals surface area (Å²) in [5.74, 6) is 0.930. The molecule has 1 fully saturated rings. The molecule has 0 aliphatic carbocycles. The molecule has 7 heteroatoms. The first-order valence-electron chi connectivity index (χ1n) is 9.98. The Kier molecular flexibility index (Phi) is 9.08. The number of aromatic nitrogens is 2.